The van der Waals surface area contributed by atoms with Crippen LogP contribution in [0.25, 0.3) is 0 Å². The molecule has 0 aliphatic carbocycles. The lowest BCUT2D eigenvalue weighted by Crippen LogP contribution is -2.17. The van der Waals surface area contributed by atoms with Crippen molar-refractivity contribution in [3.8, 4) is 6.07 Å². The van der Waals surface area contributed by atoms with E-state index >= 15 is 0 Å². The second kappa shape index (κ2) is 5.49. The Morgan fingerprint density at radius 2 is 1.50 bits per heavy atom. The largest absolute Gasteiger partial charge is 0.269 e. The topological polar surface area (TPSA) is 66.9 Å². The van der Waals surface area contributed by atoms with E-state index in [1.165, 1.54) is 24.3 Å². The van der Waals surface area contributed by atoms with Gasteiger partial charge < -0.3 is 0 Å². The third-order valence-corrected chi connectivity index (χ3v) is 3.64. The van der Waals surface area contributed by atoms with Crippen LogP contribution >= 0.6 is 23.2 Å². The van der Waals surface area contributed by atoms with Crippen LogP contribution in [0.5, 0.6) is 0 Å². The van der Waals surface area contributed by atoms with Crippen molar-refractivity contribution in [3.63, 3.8) is 0 Å². The average molecular weight is 307 g/mol. The first-order valence-electron chi connectivity index (χ1n) is 5.58. The van der Waals surface area contributed by atoms with Crippen molar-refractivity contribution >= 4 is 28.9 Å². The third-order valence-electron chi connectivity index (χ3n) is 2.87. The number of non-ortho nitro benzene ring substituents is 1. The molecule has 0 heterocycles. The fourth-order valence-corrected chi connectivity index (χ4v) is 2.17. The summed E-state index contributed by atoms with van der Waals surface area (Å²) in [6.07, 6.45) is 0. The third kappa shape index (κ3) is 2.60. The van der Waals surface area contributed by atoms with E-state index in [4.69, 9.17) is 23.2 Å². The van der Waals surface area contributed by atoms with Crippen LogP contribution in [0.3, 0.4) is 0 Å². The summed E-state index contributed by atoms with van der Waals surface area (Å²) in [5.41, 5.74) is 0.969. The number of nitrogens with zero attached hydrogens (tertiary/aromatic N) is 2. The van der Waals surface area contributed by atoms with Crippen molar-refractivity contribution in [1.82, 2.24) is 0 Å². The molecule has 1 atom stereocenters. The Morgan fingerprint density at radius 3 is 1.90 bits per heavy atom. The highest BCUT2D eigenvalue weighted by Crippen LogP contribution is 2.37. The molecule has 0 aliphatic heterocycles. The minimum Gasteiger partial charge on any atom is -0.258 e. The maximum atomic E-state index is 10.6. The van der Waals surface area contributed by atoms with E-state index in [1.807, 2.05) is 6.07 Å². The summed E-state index contributed by atoms with van der Waals surface area (Å²) in [7, 11) is 0. The second-order valence-corrected chi connectivity index (χ2v) is 5.08. The van der Waals surface area contributed by atoms with E-state index in [1.54, 1.807) is 24.3 Å². The van der Waals surface area contributed by atoms with Gasteiger partial charge in [0.05, 0.1) is 11.0 Å². The van der Waals surface area contributed by atoms with Crippen molar-refractivity contribution in [1.29, 1.82) is 5.26 Å². The molecule has 20 heavy (non-hydrogen) atoms. The molecule has 0 amide bonds. The van der Waals surface area contributed by atoms with Gasteiger partial charge in [-0.25, -0.2) is 0 Å². The smallest absolute Gasteiger partial charge is 0.258 e. The van der Waals surface area contributed by atoms with Gasteiger partial charge >= 0.3 is 0 Å². The van der Waals surface area contributed by atoms with Crippen molar-refractivity contribution in [2.24, 2.45) is 0 Å². The molecule has 1 unspecified atom stereocenters. The average Bonchev–Trinajstić information content (AvgIpc) is 2.47. The summed E-state index contributed by atoms with van der Waals surface area (Å²) in [5, 5.41) is 20.6. The van der Waals surface area contributed by atoms with E-state index in [-0.39, 0.29) is 5.69 Å². The number of nitro benzene ring substituents is 1. The van der Waals surface area contributed by atoms with Crippen molar-refractivity contribution in [2.45, 2.75) is 4.87 Å². The van der Waals surface area contributed by atoms with E-state index in [9.17, 15) is 15.4 Å². The van der Waals surface area contributed by atoms with Gasteiger partial charge in [0.25, 0.3) is 5.69 Å². The molecule has 100 valence electrons. The first kappa shape index (κ1) is 14.3. The Labute approximate surface area is 125 Å². The van der Waals surface area contributed by atoms with Crippen LogP contribution in [0.15, 0.2) is 48.5 Å². The first-order chi connectivity index (χ1) is 9.47. The Hall–Kier alpha value is -2.09. The fraction of sp³-hybridized carbons (Fsp3) is 0.0714. The number of nitro groups is 1. The van der Waals surface area contributed by atoms with Gasteiger partial charge in [-0.1, -0.05) is 35.3 Å². The zero-order valence-electron chi connectivity index (χ0n) is 10.1. The van der Waals surface area contributed by atoms with E-state index < -0.39 is 9.80 Å². The van der Waals surface area contributed by atoms with Gasteiger partial charge in [-0.2, -0.15) is 5.26 Å². The van der Waals surface area contributed by atoms with Crippen molar-refractivity contribution in [3.05, 3.63) is 74.8 Å². The maximum Gasteiger partial charge on any atom is 0.269 e. The van der Waals surface area contributed by atoms with Crippen LogP contribution < -0.4 is 0 Å². The molecule has 0 saturated heterocycles. The van der Waals surface area contributed by atoms with Gasteiger partial charge in [-0.3, -0.25) is 10.1 Å². The summed E-state index contributed by atoms with van der Waals surface area (Å²) in [6, 6.07) is 14.2. The molecule has 6 heteroatoms. The van der Waals surface area contributed by atoms with Crippen molar-refractivity contribution in [2.75, 3.05) is 0 Å². The predicted molar refractivity (Wildman–Crippen MR) is 76.8 cm³/mol. The van der Waals surface area contributed by atoms with E-state index in [0.29, 0.717) is 16.1 Å². The molecule has 0 fully saturated rings. The highest BCUT2D eigenvalue weighted by molar-refractivity contribution is 6.31. The summed E-state index contributed by atoms with van der Waals surface area (Å²) in [4.78, 5) is 8.72. The number of halogens is 2. The van der Waals surface area contributed by atoms with Crippen LogP contribution in [-0.2, 0) is 4.87 Å². The Kier molecular flexibility index (Phi) is 3.93. The minimum atomic E-state index is -1.40. The van der Waals surface area contributed by atoms with Crippen LogP contribution in [0.4, 0.5) is 5.69 Å². The molecule has 2 rings (SSSR count). The van der Waals surface area contributed by atoms with E-state index in [2.05, 4.69) is 0 Å². The van der Waals surface area contributed by atoms with Gasteiger partial charge in [0.15, 0.2) is 4.87 Å². The van der Waals surface area contributed by atoms with Gasteiger partial charge in [-0.05, 0) is 35.4 Å². The lowest BCUT2D eigenvalue weighted by molar-refractivity contribution is -0.384. The molecular formula is C14H8Cl2N2O2. The highest BCUT2D eigenvalue weighted by atomic mass is 35.5. The van der Waals surface area contributed by atoms with Crippen LogP contribution in [0.1, 0.15) is 11.1 Å². The Balaban J connectivity index is 2.48. The summed E-state index contributed by atoms with van der Waals surface area (Å²) >= 11 is 12.2. The molecule has 0 N–H and O–H groups in total. The minimum absolute atomic E-state index is 0.0539. The van der Waals surface area contributed by atoms with E-state index in [0.717, 1.165) is 0 Å². The summed E-state index contributed by atoms with van der Waals surface area (Å²) in [6.45, 7) is 0. The fourth-order valence-electron chi connectivity index (χ4n) is 1.79. The Morgan fingerprint density at radius 1 is 1.05 bits per heavy atom. The molecule has 0 spiro atoms. The zero-order valence-corrected chi connectivity index (χ0v) is 11.6. The van der Waals surface area contributed by atoms with Gasteiger partial charge in [0.2, 0.25) is 0 Å². The number of hydrogen-bond acceptors (Lipinski definition) is 3. The maximum absolute atomic E-state index is 10.6. The summed E-state index contributed by atoms with van der Waals surface area (Å²) in [5.74, 6) is 0. The first-order valence-corrected chi connectivity index (χ1v) is 6.34. The molecule has 2 aromatic rings. The molecule has 2 aromatic carbocycles. The van der Waals surface area contributed by atoms with Gasteiger partial charge in [0, 0.05) is 17.2 Å². The van der Waals surface area contributed by atoms with Crippen molar-refractivity contribution < 1.29 is 4.92 Å². The second-order valence-electron chi connectivity index (χ2n) is 4.08. The molecule has 0 saturated carbocycles. The normalized spacial score (nSPS) is 13.2. The highest BCUT2D eigenvalue weighted by Gasteiger charge is 2.32. The predicted octanol–water partition coefficient (Wildman–Crippen LogP) is 4.25. The van der Waals surface area contributed by atoms with Crippen LogP contribution in [-0.4, -0.2) is 4.92 Å². The quantitative estimate of drug-likeness (QED) is 0.483. The number of hydrogen-bond donors (Lipinski definition) is 0. The molecular weight excluding hydrogens is 299 g/mol. The number of benzene rings is 2. The Bertz CT molecular complexity index is 678. The molecule has 4 nitrogen and oxygen atoms in total. The zero-order chi connectivity index (χ0) is 14.8. The summed E-state index contributed by atoms with van der Waals surface area (Å²) < 4.78 is 0. The molecule has 0 bridgehead atoms. The lowest BCUT2D eigenvalue weighted by Gasteiger charge is -2.20. The number of nitriles is 1. The van der Waals surface area contributed by atoms with Gasteiger partial charge in [0.1, 0.15) is 0 Å². The van der Waals surface area contributed by atoms with Crippen LogP contribution in [0.2, 0.25) is 5.02 Å². The SMILES string of the molecule is N#CC(Cl)(c1ccc(Cl)cc1)c1ccc([N+](=O)[O-])cc1. The van der Waals surface area contributed by atoms with Crippen LogP contribution in [0, 0.1) is 21.4 Å². The molecule has 0 radical (unpaired) electrons. The lowest BCUT2D eigenvalue weighted by atomic mass is 9.91. The standard InChI is InChI=1S/C14H8Cl2N2O2/c15-12-5-1-10(2-6-12)14(16,9-17)11-3-7-13(8-4-11)18(19)20/h1-8H. The monoisotopic (exact) mass is 306 g/mol. The molecule has 0 aromatic heterocycles. The number of rotatable bonds is 3. The van der Waals surface area contributed by atoms with Gasteiger partial charge in [-0.15, -0.1) is 0 Å². The molecule has 0 aliphatic rings. The number of alkyl halides is 1.